The van der Waals surface area contributed by atoms with Crippen molar-refractivity contribution < 1.29 is 42.9 Å². The molecular formula is C28H42O9. The smallest absolute Gasteiger partial charge is 0.303 e. The molecule has 0 aromatic carbocycles. The minimum Gasteiger partial charge on any atom is -0.458 e. The van der Waals surface area contributed by atoms with E-state index in [1.807, 2.05) is 19.9 Å². The minimum atomic E-state index is -1.20. The van der Waals surface area contributed by atoms with Gasteiger partial charge < -0.3 is 23.7 Å². The van der Waals surface area contributed by atoms with E-state index in [9.17, 15) is 19.2 Å². The summed E-state index contributed by atoms with van der Waals surface area (Å²) in [7, 11) is 0. The minimum absolute atomic E-state index is 0.0280. The van der Waals surface area contributed by atoms with Gasteiger partial charge in [-0.15, -0.1) is 0 Å². The Kier molecular flexibility index (Phi) is 8.47. The number of ether oxygens (including phenoxy) is 5. The van der Waals surface area contributed by atoms with Gasteiger partial charge in [0.1, 0.15) is 23.9 Å². The molecule has 9 atom stereocenters. The summed E-state index contributed by atoms with van der Waals surface area (Å²) < 4.78 is 30.2. The van der Waals surface area contributed by atoms with Crippen LogP contribution in [0, 0.1) is 23.7 Å². The van der Waals surface area contributed by atoms with Crippen LogP contribution in [0.25, 0.3) is 0 Å². The topological polar surface area (TPSA) is 114 Å². The third-order valence-corrected chi connectivity index (χ3v) is 8.36. The second-order valence-electron chi connectivity index (χ2n) is 11.6. The van der Waals surface area contributed by atoms with Gasteiger partial charge in [0.15, 0.2) is 5.60 Å². The van der Waals surface area contributed by atoms with Crippen LogP contribution in [0.5, 0.6) is 0 Å². The average molecular weight is 523 g/mol. The summed E-state index contributed by atoms with van der Waals surface area (Å²) in [5.74, 6) is -2.15. The fourth-order valence-corrected chi connectivity index (χ4v) is 6.97. The summed E-state index contributed by atoms with van der Waals surface area (Å²) in [5.41, 5.74) is -1.43. The van der Waals surface area contributed by atoms with Crippen molar-refractivity contribution in [3.8, 4) is 0 Å². The van der Waals surface area contributed by atoms with Gasteiger partial charge in [-0.2, -0.15) is 0 Å². The molecule has 1 aliphatic carbocycles. The first kappa shape index (κ1) is 29.1. The molecule has 9 nitrogen and oxygen atoms in total. The lowest BCUT2D eigenvalue weighted by atomic mass is 9.56. The number of carbonyl (C=O) groups excluding carboxylic acids is 4. The lowest BCUT2D eigenvalue weighted by Crippen LogP contribution is -2.63. The van der Waals surface area contributed by atoms with Crippen LogP contribution in [0.15, 0.2) is 11.6 Å². The Labute approximate surface area is 219 Å². The summed E-state index contributed by atoms with van der Waals surface area (Å²) in [5, 5.41) is 0. The lowest BCUT2D eigenvalue weighted by Gasteiger charge is -2.53. The fourth-order valence-electron chi connectivity index (χ4n) is 6.97. The van der Waals surface area contributed by atoms with Gasteiger partial charge in [-0.05, 0) is 57.4 Å². The van der Waals surface area contributed by atoms with Crippen molar-refractivity contribution in [3.05, 3.63) is 11.6 Å². The first-order chi connectivity index (χ1) is 17.1. The zero-order valence-electron chi connectivity index (χ0n) is 23.5. The van der Waals surface area contributed by atoms with E-state index >= 15 is 0 Å². The van der Waals surface area contributed by atoms with E-state index in [0.717, 1.165) is 5.57 Å². The summed E-state index contributed by atoms with van der Waals surface area (Å²) >= 11 is 0. The molecule has 3 rings (SSSR count). The van der Waals surface area contributed by atoms with Crippen molar-refractivity contribution in [1.29, 1.82) is 0 Å². The maximum atomic E-state index is 12.4. The number of rotatable bonds is 5. The van der Waals surface area contributed by atoms with Crippen molar-refractivity contribution >= 4 is 23.9 Å². The second-order valence-corrected chi connectivity index (χ2v) is 11.6. The molecule has 0 aromatic rings. The Balaban J connectivity index is 2.25. The molecule has 2 heterocycles. The third-order valence-electron chi connectivity index (χ3n) is 8.36. The SMILES string of the molecule is CC(=O)O[C@H]1CC[C@@](C)(OC(C)=O)[C@@H]2O[C@H](/C=C\1C)[C@@H]1[C@H]2[C@@H](C(C)C)C[C@H](OC(C)=O)[C@@]1(C)OC(C)=O. The predicted molar refractivity (Wildman–Crippen MR) is 133 cm³/mol. The van der Waals surface area contributed by atoms with Crippen molar-refractivity contribution in [1.82, 2.24) is 0 Å². The Morgan fingerprint density at radius 2 is 1.54 bits per heavy atom. The number of hydrogen-bond acceptors (Lipinski definition) is 9. The van der Waals surface area contributed by atoms with Crippen molar-refractivity contribution in [2.75, 3.05) is 0 Å². The van der Waals surface area contributed by atoms with Gasteiger partial charge in [0, 0.05) is 39.5 Å². The molecule has 3 aliphatic rings. The van der Waals surface area contributed by atoms with Crippen molar-refractivity contribution in [2.45, 2.75) is 117 Å². The van der Waals surface area contributed by atoms with Crippen LogP contribution in [-0.4, -0.2) is 59.5 Å². The molecule has 0 radical (unpaired) electrons. The Morgan fingerprint density at radius 1 is 0.946 bits per heavy atom. The van der Waals surface area contributed by atoms with Crippen molar-refractivity contribution in [2.24, 2.45) is 23.7 Å². The Hall–Kier alpha value is -2.42. The quantitative estimate of drug-likeness (QED) is 0.301. The second kappa shape index (κ2) is 10.8. The van der Waals surface area contributed by atoms with E-state index in [-0.39, 0.29) is 17.8 Å². The first-order valence-corrected chi connectivity index (χ1v) is 13.2. The van der Waals surface area contributed by atoms with Gasteiger partial charge >= 0.3 is 23.9 Å². The third kappa shape index (κ3) is 5.86. The summed E-state index contributed by atoms with van der Waals surface area (Å²) in [6, 6.07) is 0. The molecule has 9 heteroatoms. The maximum Gasteiger partial charge on any atom is 0.303 e. The molecule has 208 valence electrons. The molecule has 2 bridgehead atoms. The van der Waals surface area contributed by atoms with E-state index in [1.165, 1.54) is 27.7 Å². The lowest BCUT2D eigenvalue weighted by molar-refractivity contribution is -0.215. The number of esters is 4. The van der Waals surface area contributed by atoms with Gasteiger partial charge in [-0.1, -0.05) is 19.9 Å². The predicted octanol–water partition coefficient (Wildman–Crippen LogP) is 3.91. The largest absolute Gasteiger partial charge is 0.458 e. The summed E-state index contributed by atoms with van der Waals surface area (Å²) in [6.07, 6.45) is 0.967. The molecule has 0 aromatic heterocycles. The normalized spacial score (nSPS) is 40.7. The van der Waals surface area contributed by atoms with Crippen LogP contribution in [0.1, 0.15) is 81.6 Å². The highest BCUT2D eigenvalue weighted by molar-refractivity contribution is 5.68. The Bertz CT molecular complexity index is 955. The molecule has 0 spiro atoms. The van der Waals surface area contributed by atoms with Gasteiger partial charge in [-0.25, -0.2) is 0 Å². The van der Waals surface area contributed by atoms with Crippen LogP contribution in [0.2, 0.25) is 0 Å². The van der Waals surface area contributed by atoms with Gasteiger partial charge in [0.2, 0.25) is 0 Å². The highest BCUT2D eigenvalue weighted by Gasteiger charge is 2.67. The molecule has 1 saturated carbocycles. The van der Waals surface area contributed by atoms with Crippen molar-refractivity contribution in [3.63, 3.8) is 0 Å². The Morgan fingerprint density at radius 3 is 2.05 bits per heavy atom. The molecule has 1 saturated heterocycles. The van der Waals surface area contributed by atoms with Gasteiger partial charge in [0.05, 0.1) is 6.10 Å². The maximum absolute atomic E-state index is 12.4. The molecule has 2 aliphatic heterocycles. The average Bonchev–Trinajstić information content (AvgIpc) is 3.13. The van der Waals surface area contributed by atoms with Crippen LogP contribution in [0.4, 0.5) is 0 Å². The zero-order chi connectivity index (χ0) is 27.9. The summed E-state index contributed by atoms with van der Waals surface area (Å²) in [6.45, 7) is 15.2. The molecule has 2 fully saturated rings. The van der Waals surface area contributed by atoms with Gasteiger partial charge in [-0.3, -0.25) is 19.2 Å². The molecule has 0 N–H and O–H groups in total. The fraction of sp³-hybridized carbons (Fsp3) is 0.786. The molecule has 0 unspecified atom stereocenters. The number of carbonyl (C=O) groups is 4. The molecule has 0 amide bonds. The van der Waals surface area contributed by atoms with E-state index in [1.54, 1.807) is 6.92 Å². The highest BCUT2D eigenvalue weighted by Crippen LogP contribution is 2.58. The van der Waals surface area contributed by atoms with E-state index in [4.69, 9.17) is 23.7 Å². The van der Waals surface area contributed by atoms with E-state index < -0.39 is 65.4 Å². The monoisotopic (exact) mass is 522 g/mol. The van der Waals surface area contributed by atoms with Crippen LogP contribution in [-0.2, 0) is 42.9 Å². The van der Waals surface area contributed by atoms with E-state index in [2.05, 4.69) is 13.8 Å². The van der Waals surface area contributed by atoms with E-state index in [0.29, 0.717) is 19.3 Å². The summed E-state index contributed by atoms with van der Waals surface area (Å²) in [4.78, 5) is 48.8. The van der Waals surface area contributed by atoms with Crippen LogP contribution >= 0.6 is 0 Å². The molecular weight excluding hydrogens is 480 g/mol. The molecule has 37 heavy (non-hydrogen) atoms. The highest BCUT2D eigenvalue weighted by atomic mass is 16.6. The zero-order valence-corrected chi connectivity index (χ0v) is 23.5. The first-order valence-electron chi connectivity index (χ1n) is 13.2. The van der Waals surface area contributed by atoms with Gasteiger partial charge in [0.25, 0.3) is 0 Å². The number of hydrogen-bond donors (Lipinski definition) is 0. The number of fused-ring (bicyclic) bond motifs is 5. The van der Waals surface area contributed by atoms with Crippen LogP contribution in [0.3, 0.4) is 0 Å². The standard InChI is InChI=1S/C28H42O9/c1-14(2)20-13-23(34-17(5)30)28(9,37-19(7)32)25-22-12-15(3)21(33-16(4)29)10-11-27(8,36-18(6)31)26(35-22)24(20)25/h12,14,20-26H,10-11,13H2,1-9H3/b15-12-/t20-,21+,22-,23+,24-,25-,26-,27-,28-/m1/s1. The van der Waals surface area contributed by atoms with Crippen LogP contribution < -0.4 is 0 Å².